The fourth-order valence-corrected chi connectivity index (χ4v) is 4.18. The topological polar surface area (TPSA) is 67.9 Å². The zero-order chi connectivity index (χ0) is 24.1. The van der Waals surface area contributed by atoms with Crippen LogP contribution in [-0.2, 0) is 21.7 Å². The lowest BCUT2D eigenvalue weighted by Gasteiger charge is -2.36. The van der Waals surface area contributed by atoms with Gasteiger partial charge in [0.2, 0.25) is 17.5 Å². The molecule has 0 radical (unpaired) electrons. The Morgan fingerprint density at radius 1 is 1.00 bits per heavy atom. The third kappa shape index (κ3) is 4.56. The molecule has 7 heteroatoms. The van der Waals surface area contributed by atoms with Gasteiger partial charge in [-0.15, -0.1) is 5.10 Å². The van der Waals surface area contributed by atoms with Gasteiger partial charge in [-0.3, -0.25) is 4.79 Å². The maximum atomic E-state index is 14.6. The minimum Gasteiger partial charge on any atom is -0.443 e. The summed E-state index contributed by atoms with van der Waals surface area (Å²) in [5.74, 6) is -1.81. The molecule has 2 unspecified atom stereocenters. The number of halogens is 2. The molecule has 1 heterocycles. The number of benzene rings is 3. The Kier molecular flexibility index (Phi) is 7.03. The predicted octanol–water partition coefficient (Wildman–Crippen LogP) is 4.96. The van der Waals surface area contributed by atoms with Crippen LogP contribution in [0.15, 0.2) is 84.0 Å². The van der Waals surface area contributed by atoms with E-state index in [1.807, 2.05) is 30.3 Å². The summed E-state index contributed by atoms with van der Waals surface area (Å²) in [6, 6.07) is 21.7. The monoisotopic (exact) mass is 463 g/mol. The van der Waals surface area contributed by atoms with Crippen molar-refractivity contribution >= 4 is 11.8 Å². The van der Waals surface area contributed by atoms with E-state index in [0.717, 1.165) is 0 Å². The average molecular weight is 464 g/mol. The molecule has 34 heavy (non-hydrogen) atoms. The molecule has 4 rings (SSSR count). The highest BCUT2D eigenvalue weighted by molar-refractivity contribution is 5.97. The molecular formula is C27H27F2N3O2. The minimum atomic E-state index is -1.29. The quantitative estimate of drug-likeness (QED) is 0.514. The van der Waals surface area contributed by atoms with Crippen molar-refractivity contribution in [1.29, 1.82) is 0 Å². The van der Waals surface area contributed by atoms with Gasteiger partial charge in [0.05, 0.1) is 5.56 Å². The third-order valence-electron chi connectivity index (χ3n) is 5.96. The first-order valence-electron chi connectivity index (χ1n) is 11.3. The highest BCUT2D eigenvalue weighted by Gasteiger charge is 2.50. The van der Waals surface area contributed by atoms with Gasteiger partial charge in [0, 0.05) is 17.9 Å². The first-order valence-corrected chi connectivity index (χ1v) is 11.3. The smallest absolute Gasteiger partial charge is 0.249 e. The molecule has 0 fully saturated rings. The molecule has 1 amide bonds. The molecule has 0 saturated heterocycles. The van der Waals surface area contributed by atoms with Crippen molar-refractivity contribution in [3.8, 4) is 0 Å². The summed E-state index contributed by atoms with van der Waals surface area (Å²) in [6.45, 7) is 2.10. The van der Waals surface area contributed by atoms with Gasteiger partial charge in [-0.05, 0) is 43.1 Å². The van der Waals surface area contributed by atoms with Gasteiger partial charge in [-0.2, -0.15) is 5.01 Å². The Bertz CT molecular complexity index is 1190. The van der Waals surface area contributed by atoms with Crippen LogP contribution in [-0.4, -0.2) is 23.4 Å². The van der Waals surface area contributed by atoms with E-state index >= 15 is 0 Å². The van der Waals surface area contributed by atoms with Crippen LogP contribution >= 0.6 is 0 Å². The molecule has 0 spiro atoms. The summed E-state index contributed by atoms with van der Waals surface area (Å²) in [5, 5.41) is 5.79. The summed E-state index contributed by atoms with van der Waals surface area (Å²) in [6.07, 6.45) is 1.09. The van der Waals surface area contributed by atoms with Crippen LogP contribution in [0.2, 0.25) is 0 Å². The molecule has 0 bridgehead atoms. The number of carbonyl (C=O) groups excluding carboxylic acids is 1. The van der Waals surface area contributed by atoms with Crippen LogP contribution in [0.3, 0.4) is 0 Å². The molecule has 176 valence electrons. The van der Waals surface area contributed by atoms with E-state index in [1.54, 1.807) is 43.3 Å². The van der Waals surface area contributed by atoms with Crippen molar-refractivity contribution in [3.05, 3.63) is 107 Å². The van der Waals surface area contributed by atoms with Gasteiger partial charge in [-0.1, -0.05) is 67.6 Å². The molecule has 0 aromatic heterocycles. The van der Waals surface area contributed by atoms with Crippen LogP contribution in [0.25, 0.3) is 0 Å². The summed E-state index contributed by atoms with van der Waals surface area (Å²) in [7, 11) is 0. The molecule has 3 aromatic carbocycles. The van der Waals surface area contributed by atoms with Gasteiger partial charge < -0.3 is 10.5 Å². The molecule has 5 nitrogen and oxygen atoms in total. The number of nitrogens with zero attached hydrogens (tertiary/aromatic N) is 2. The van der Waals surface area contributed by atoms with Gasteiger partial charge in [0.1, 0.15) is 11.6 Å². The highest BCUT2D eigenvalue weighted by Crippen LogP contribution is 2.42. The van der Waals surface area contributed by atoms with Crippen molar-refractivity contribution in [2.45, 2.75) is 31.9 Å². The third-order valence-corrected chi connectivity index (χ3v) is 5.96. The van der Waals surface area contributed by atoms with Crippen molar-refractivity contribution in [3.63, 3.8) is 0 Å². The zero-order valence-electron chi connectivity index (χ0n) is 19.0. The molecular weight excluding hydrogens is 436 g/mol. The molecule has 1 aliphatic rings. The van der Waals surface area contributed by atoms with Crippen LogP contribution in [0.1, 0.15) is 36.5 Å². The molecule has 0 saturated carbocycles. The Morgan fingerprint density at radius 3 is 2.32 bits per heavy atom. The second-order valence-corrected chi connectivity index (χ2v) is 8.38. The van der Waals surface area contributed by atoms with Crippen molar-refractivity contribution in [2.75, 3.05) is 6.54 Å². The number of hydrogen-bond acceptors (Lipinski definition) is 4. The van der Waals surface area contributed by atoms with Crippen LogP contribution in [0.4, 0.5) is 8.78 Å². The number of carbonyl (C=O) groups is 1. The van der Waals surface area contributed by atoms with E-state index in [4.69, 9.17) is 10.5 Å². The normalized spacial score (nSPS) is 18.4. The fraction of sp³-hybridized carbons (Fsp3) is 0.259. The highest BCUT2D eigenvalue weighted by atomic mass is 19.1. The maximum Gasteiger partial charge on any atom is 0.249 e. The number of ether oxygens (including phenoxy) is 1. The van der Waals surface area contributed by atoms with Crippen molar-refractivity contribution < 1.29 is 18.3 Å². The van der Waals surface area contributed by atoms with Gasteiger partial charge in [0.25, 0.3) is 0 Å². The van der Waals surface area contributed by atoms with E-state index in [0.29, 0.717) is 30.5 Å². The first kappa shape index (κ1) is 23.6. The van der Waals surface area contributed by atoms with Crippen LogP contribution in [0.5, 0.6) is 0 Å². The Hall–Kier alpha value is -3.58. The van der Waals surface area contributed by atoms with Crippen molar-refractivity contribution in [1.82, 2.24) is 5.01 Å². The summed E-state index contributed by atoms with van der Waals surface area (Å²) >= 11 is 0. The van der Waals surface area contributed by atoms with Crippen LogP contribution in [0, 0.1) is 17.6 Å². The second kappa shape index (κ2) is 10.1. The molecule has 2 N–H and O–H groups in total. The number of rotatable bonds is 8. The van der Waals surface area contributed by atoms with E-state index in [1.165, 1.54) is 17.1 Å². The zero-order valence-corrected chi connectivity index (χ0v) is 19.0. The largest absolute Gasteiger partial charge is 0.443 e. The summed E-state index contributed by atoms with van der Waals surface area (Å²) in [5.41, 5.74) is 5.82. The standard InChI is InChI=1S/C27H27F2N3O2/c1-19(18-20-10-5-7-14-23(20)28)26(33)32-27(16-9-17-30,21-11-3-2-4-12-21)34-25(31-32)22-13-6-8-15-24(22)29/h2-8,10-15,19H,9,16-18,30H2,1H3. The maximum absolute atomic E-state index is 14.6. The average Bonchev–Trinajstić information content (AvgIpc) is 3.25. The molecule has 3 aromatic rings. The Morgan fingerprint density at radius 2 is 1.65 bits per heavy atom. The summed E-state index contributed by atoms with van der Waals surface area (Å²) < 4.78 is 35.3. The molecule has 0 aliphatic carbocycles. The van der Waals surface area contributed by atoms with Crippen molar-refractivity contribution in [2.24, 2.45) is 16.8 Å². The Balaban J connectivity index is 1.77. The van der Waals surface area contributed by atoms with E-state index in [9.17, 15) is 13.6 Å². The molecule has 1 aliphatic heterocycles. The van der Waals surface area contributed by atoms with E-state index in [2.05, 4.69) is 5.10 Å². The number of hydrogen-bond donors (Lipinski definition) is 1. The lowest BCUT2D eigenvalue weighted by Crippen LogP contribution is -2.47. The number of amides is 1. The number of nitrogens with two attached hydrogens (primary N) is 1. The second-order valence-electron chi connectivity index (χ2n) is 8.38. The summed E-state index contributed by atoms with van der Waals surface area (Å²) in [4.78, 5) is 13.8. The van der Waals surface area contributed by atoms with Gasteiger partial charge >= 0.3 is 0 Å². The lowest BCUT2D eigenvalue weighted by molar-refractivity contribution is -0.156. The van der Waals surface area contributed by atoms with Gasteiger partial charge in [-0.25, -0.2) is 8.78 Å². The lowest BCUT2D eigenvalue weighted by atomic mass is 9.93. The molecule has 2 atom stereocenters. The SMILES string of the molecule is CC(Cc1ccccc1F)C(=O)N1N=C(c2ccccc2F)OC1(CCCN)c1ccccc1. The van der Waals surface area contributed by atoms with E-state index < -0.39 is 17.5 Å². The van der Waals surface area contributed by atoms with E-state index in [-0.39, 0.29) is 29.6 Å². The Labute approximate surface area is 197 Å². The van der Waals surface area contributed by atoms with Crippen LogP contribution < -0.4 is 5.73 Å². The minimum absolute atomic E-state index is 0.0189. The fourth-order valence-electron chi connectivity index (χ4n) is 4.18. The first-order chi connectivity index (χ1) is 16.5. The van der Waals surface area contributed by atoms with Gasteiger partial charge in [0.15, 0.2) is 0 Å². The number of hydrazone groups is 1. The predicted molar refractivity (Wildman–Crippen MR) is 127 cm³/mol.